The summed E-state index contributed by atoms with van der Waals surface area (Å²) in [7, 11) is 0. The van der Waals surface area contributed by atoms with E-state index in [-0.39, 0.29) is 6.04 Å². The average Bonchev–Trinajstić information content (AvgIpc) is 2.27. The highest BCUT2D eigenvalue weighted by atomic mass is 16.4. The number of nitrogens with zero attached hydrogens (tertiary/aromatic N) is 3. The molecule has 0 radical (unpaired) electrons. The molecule has 92 valence electrons. The van der Waals surface area contributed by atoms with E-state index in [1.807, 2.05) is 13.8 Å². The maximum Gasteiger partial charge on any atom is 0.407 e. The topological polar surface area (TPSA) is 78.4 Å². The van der Waals surface area contributed by atoms with E-state index < -0.39 is 6.09 Å². The van der Waals surface area contributed by atoms with Gasteiger partial charge in [0, 0.05) is 18.8 Å². The minimum Gasteiger partial charge on any atom is -0.465 e. The lowest BCUT2D eigenvalue weighted by atomic mass is 10.1. The molecule has 0 saturated heterocycles. The molecule has 0 aromatic carbocycles. The Kier molecular flexibility index (Phi) is 3.12. The highest BCUT2D eigenvalue weighted by Gasteiger charge is 2.21. The summed E-state index contributed by atoms with van der Waals surface area (Å²) < 4.78 is 0. The zero-order valence-corrected chi connectivity index (χ0v) is 9.97. The lowest BCUT2D eigenvalue weighted by Crippen LogP contribution is -2.35. The van der Waals surface area contributed by atoms with Gasteiger partial charge >= 0.3 is 6.09 Å². The molecule has 0 saturated carbocycles. The smallest absolute Gasteiger partial charge is 0.407 e. The number of hydrogen-bond donors (Lipinski definition) is 2. The number of fused-ring (bicyclic) bond motifs is 1. The number of amides is 1. The molecule has 2 rings (SSSR count). The van der Waals surface area contributed by atoms with Crippen molar-refractivity contribution in [3.05, 3.63) is 17.5 Å². The molecule has 0 bridgehead atoms. The lowest BCUT2D eigenvalue weighted by molar-refractivity contribution is 0.139. The number of rotatable bonds is 2. The summed E-state index contributed by atoms with van der Waals surface area (Å²) in [4.78, 5) is 20.8. The second-order valence-corrected chi connectivity index (χ2v) is 4.42. The molecule has 17 heavy (non-hydrogen) atoms. The van der Waals surface area contributed by atoms with Gasteiger partial charge in [-0.15, -0.1) is 0 Å². The van der Waals surface area contributed by atoms with Crippen LogP contribution in [-0.4, -0.2) is 38.7 Å². The van der Waals surface area contributed by atoms with Crippen LogP contribution in [0.15, 0.2) is 6.20 Å². The SMILES string of the molecule is CC(C)Nc1ncc2c(n1)CN(C(=O)O)CC2. The summed E-state index contributed by atoms with van der Waals surface area (Å²) in [6, 6.07) is 0.257. The minimum absolute atomic E-state index is 0.257. The number of hydrogen-bond acceptors (Lipinski definition) is 4. The molecule has 2 heterocycles. The van der Waals surface area contributed by atoms with Crippen LogP contribution in [0, 0.1) is 0 Å². The maximum atomic E-state index is 10.9. The van der Waals surface area contributed by atoms with E-state index in [1.54, 1.807) is 6.20 Å². The van der Waals surface area contributed by atoms with E-state index in [4.69, 9.17) is 5.11 Å². The molecular formula is C11H16N4O2. The maximum absolute atomic E-state index is 10.9. The van der Waals surface area contributed by atoms with E-state index in [1.165, 1.54) is 4.90 Å². The fourth-order valence-electron chi connectivity index (χ4n) is 1.79. The number of nitrogens with one attached hydrogen (secondary N) is 1. The molecule has 6 nitrogen and oxygen atoms in total. The Morgan fingerprint density at radius 1 is 1.59 bits per heavy atom. The molecule has 0 fully saturated rings. The summed E-state index contributed by atoms with van der Waals surface area (Å²) in [6.45, 7) is 4.88. The summed E-state index contributed by atoms with van der Waals surface area (Å²) in [5.74, 6) is 0.561. The van der Waals surface area contributed by atoms with Crippen LogP contribution >= 0.6 is 0 Å². The summed E-state index contributed by atoms with van der Waals surface area (Å²) in [5.41, 5.74) is 1.84. The van der Waals surface area contributed by atoms with Crippen LogP contribution in [0.3, 0.4) is 0 Å². The van der Waals surface area contributed by atoms with Crippen LogP contribution in [0.25, 0.3) is 0 Å². The summed E-state index contributed by atoms with van der Waals surface area (Å²) in [5, 5.41) is 12.1. The third-order valence-electron chi connectivity index (χ3n) is 2.63. The van der Waals surface area contributed by atoms with Crippen molar-refractivity contribution >= 4 is 12.0 Å². The van der Waals surface area contributed by atoms with Gasteiger partial charge in [0.15, 0.2) is 0 Å². The Morgan fingerprint density at radius 3 is 3.00 bits per heavy atom. The Bertz CT molecular complexity index is 433. The van der Waals surface area contributed by atoms with Crippen molar-refractivity contribution in [2.45, 2.75) is 32.9 Å². The number of aromatic nitrogens is 2. The first kappa shape index (κ1) is 11.6. The molecule has 6 heteroatoms. The van der Waals surface area contributed by atoms with Gasteiger partial charge in [-0.25, -0.2) is 14.8 Å². The van der Waals surface area contributed by atoms with Gasteiger partial charge in [-0.1, -0.05) is 0 Å². The molecular weight excluding hydrogens is 220 g/mol. The van der Waals surface area contributed by atoms with E-state index in [0.29, 0.717) is 25.5 Å². The van der Waals surface area contributed by atoms with Crippen molar-refractivity contribution in [3.8, 4) is 0 Å². The third-order valence-corrected chi connectivity index (χ3v) is 2.63. The number of carbonyl (C=O) groups is 1. The van der Waals surface area contributed by atoms with Gasteiger partial charge in [0.05, 0.1) is 12.2 Å². The van der Waals surface area contributed by atoms with Crippen LogP contribution in [0.1, 0.15) is 25.1 Å². The molecule has 1 aliphatic heterocycles. The first-order valence-corrected chi connectivity index (χ1v) is 5.65. The monoisotopic (exact) mass is 236 g/mol. The fourth-order valence-corrected chi connectivity index (χ4v) is 1.79. The Morgan fingerprint density at radius 2 is 2.35 bits per heavy atom. The van der Waals surface area contributed by atoms with Crippen LogP contribution < -0.4 is 5.32 Å². The second kappa shape index (κ2) is 4.57. The standard InChI is InChI=1S/C11H16N4O2/c1-7(2)13-10-12-5-8-3-4-15(11(16)17)6-9(8)14-10/h5,7H,3-4,6H2,1-2H3,(H,16,17)(H,12,13,14). The fraction of sp³-hybridized carbons (Fsp3) is 0.545. The van der Waals surface area contributed by atoms with Crippen LogP contribution in [-0.2, 0) is 13.0 Å². The van der Waals surface area contributed by atoms with Crippen molar-refractivity contribution in [2.24, 2.45) is 0 Å². The Hall–Kier alpha value is -1.85. The molecule has 0 unspecified atom stereocenters. The molecule has 0 spiro atoms. The van der Waals surface area contributed by atoms with E-state index >= 15 is 0 Å². The quantitative estimate of drug-likeness (QED) is 0.810. The van der Waals surface area contributed by atoms with Crippen molar-refractivity contribution in [1.82, 2.24) is 14.9 Å². The Labute approximate surface area is 99.7 Å². The van der Waals surface area contributed by atoms with Gasteiger partial charge in [0.2, 0.25) is 5.95 Å². The molecule has 0 aliphatic carbocycles. The summed E-state index contributed by atoms with van der Waals surface area (Å²) in [6.07, 6.45) is 1.57. The highest BCUT2D eigenvalue weighted by Crippen LogP contribution is 2.17. The molecule has 1 aliphatic rings. The van der Waals surface area contributed by atoms with Gasteiger partial charge < -0.3 is 15.3 Å². The predicted octanol–water partition coefficient (Wildman–Crippen LogP) is 1.33. The predicted molar refractivity (Wildman–Crippen MR) is 62.9 cm³/mol. The lowest BCUT2D eigenvalue weighted by Gasteiger charge is -2.25. The van der Waals surface area contributed by atoms with Gasteiger partial charge in [-0.3, -0.25) is 0 Å². The van der Waals surface area contributed by atoms with Crippen LogP contribution in [0.2, 0.25) is 0 Å². The number of anilines is 1. The van der Waals surface area contributed by atoms with E-state index in [0.717, 1.165) is 11.3 Å². The van der Waals surface area contributed by atoms with Gasteiger partial charge in [0.1, 0.15) is 0 Å². The molecule has 1 amide bonds. The molecule has 1 aromatic heterocycles. The van der Waals surface area contributed by atoms with Crippen LogP contribution in [0.5, 0.6) is 0 Å². The number of carboxylic acid groups (broad SMARTS) is 1. The molecule has 1 aromatic rings. The highest BCUT2D eigenvalue weighted by molar-refractivity contribution is 5.65. The van der Waals surface area contributed by atoms with Gasteiger partial charge in [0.25, 0.3) is 0 Å². The zero-order valence-electron chi connectivity index (χ0n) is 9.97. The Balaban J connectivity index is 2.19. The van der Waals surface area contributed by atoms with Crippen molar-refractivity contribution in [2.75, 3.05) is 11.9 Å². The largest absolute Gasteiger partial charge is 0.465 e. The molecule has 2 N–H and O–H groups in total. The van der Waals surface area contributed by atoms with E-state index in [9.17, 15) is 4.79 Å². The van der Waals surface area contributed by atoms with Crippen molar-refractivity contribution in [3.63, 3.8) is 0 Å². The van der Waals surface area contributed by atoms with Gasteiger partial charge in [-0.2, -0.15) is 0 Å². The summed E-state index contributed by atoms with van der Waals surface area (Å²) >= 11 is 0. The van der Waals surface area contributed by atoms with Crippen molar-refractivity contribution in [1.29, 1.82) is 0 Å². The average molecular weight is 236 g/mol. The third kappa shape index (κ3) is 2.64. The first-order valence-electron chi connectivity index (χ1n) is 5.65. The second-order valence-electron chi connectivity index (χ2n) is 4.42. The molecule has 0 atom stereocenters. The zero-order chi connectivity index (χ0) is 12.4. The minimum atomic E-state index is -0.896. The van der Waals surface area contributed by atoms with Crippen molar-refractivity contribution < 1.29 is 9.90 Å². The van der Waals surface area contributed by atoms with E-state index in [2.05, 4.69) is 15.3 Å². The van der Waals surface area contributed by atoms with Gasteiger partial charge in [-0.05, 0) is 25.8 Å². The van der Waals surface area contributed by atoms with Crippen LogP contribution in [0.4, 0.5) is 10.7 Å². The normalized spacial score (nSPS) is 14.6. The first-order chi connectivity index (χ1) is 8.06.